The molecule has 25 heavy (non-hydrogen) atoms. The molecule has 1 aromatic carbocycles. The zero-order valence-corrected chi connectivity index (χ0v) is 14.8. The van der Waals surface area contributed by atoms with E-state index in [2.05, 4.69) is 57.1 Å². The van der Waals surface area contributed by atoms with Crippen molar-refractivity contribution in [3.63, 3.8) is 0 Å². The molecule has 5 heteroatoms. The SMILES string of the molecule is CN1CC2(CCN(c3cc(C4CC4)nc(N)n3)CC2)c2ccccc21. The Morgan fingerprint density at radius 1 is 1.12 bits per heavy atom. The molecule has 3 heterocycles. The van der Waals surface area contributed by atoms with Crippen molar-refractivity contribution >= 4 is 17.5 Å². The van der Waals surface area contributed by atoms with E-state index in [4.69, 9.17) is 5.73 Å². The number of nitrogen functional groups attached to an aromatic ring is 1. The molecule has 3 aliphatic rings. The Balaban J connectivity index is 1.39. The minimum atomic E-state index is 0.291. The monoisotopic (exact) mass is 335 g/mol. The summed E-state index contributed by atoms with van der Waals surface area (Å²) in [4.78, 5) is 13.8. The second-order valence-electron chi connectivity index (χ2n) is 7.92. The lowest BCUT2D eigenvalue weighted by atomic mass is 9.74. The van der Waals surface area contributed by atoms with Gasteiger partial charge in [-0.05, 0) is 37.3 Å². The molecule has 0 amide bonds. The first-order valence-electron chi connectivity index (χ1n) is 9.35. The van der Waals surface area contributed by atoms with Crippen molar-refractivity contribution < 1.29 is 0 Å². The van der Waals surface area contributed by atoms with E-state index >= 15 is 0 Å². The van der Waals surface area contributed by atoms with E-state index in [1.165, 1.54) is 24.1 Å². The lowest BCUT2D eigenvalue weighted by Crippen LogP contribution is -2.45. The number of anilines is 3. The maximum absolute atomic E-state index is 5.97. The Bertz CT molecular complexity index is 805. The number of piperidine rings is 1. The predicted octanol–water partition coefficient (Wildman–Crippen LogP) is 2.92. The van der Waals surface area contributed by atoms with Gasteiger partial charge in [-0.2, -0.15) is 4.98 Å². The van der Waals surface area contributed by atoms with Crippen molar-refractivity contribution in [2.45, 2.75) is 37.0 Å². The quantitative estimate of drug-likeness (QED) is 0.914. The third kappa shape index (κ3) is 2.44. The molecular weight excluding hydrogens is 310 g/mol. The first-order chi connectivity index (χ1) is 12.1. The Hall–Kier alpha value is -2.30. The van der Waals surface area contributed by atoms with Gasteiger partial charge in [0.2, 0.25) is 5.95 Å². The van der Waals surface area contributed by atoms with Gasteiger partial charge in [0.15, 0.2) is 0 Å². The van der Waals surface area contributed by atoms with Gasteiger partial charge in [-0.25, -0.2) is 4.98 Å². The van der Waals surface area contributed by atoms with Crippen LogP contribution in [0.15, 0.2) is 30.3 Å². The molecule has 5 nitrogen and oxygen atoms in total. The number of nitrogens with two attached hydrogens (primary N) is 1. The number of aromatic nitrogens is 2. The summed E-state index contributed by atoms with van der Waals surface area (Å²) in [7, 11) is 2.22. The fourth-order valence-corrected chi connectivity index (χ4v) is 4.69. The number of benzene rings is 1. The topological polar surface area (TPSA) is 58.3 Å². The molecule has 2 aromatic rings. The Morgan fingerprint density at radius 3 is 2.64 bits per heavy atom. The van der Waals surface area contributed by atoms with Gasteiger partial charge in [-0.3, -0.25) is 0 Å². The predicted molar refractivity (Wildman–Crippen MR) is 101 cm³/mol. The number of fused-ring (bicyclic) bond motifs is 2. The molecule has 2 aliphatic heterocycles. The highest BCUT2D eigenvalue weighted by Crippen LogP contribution is 2.47. The fraction of sp³-hybridized carbons (Fsp3) is 0.500. The van der Waals surface area contributed by atoms with Crippen LogP contribution in [0.5, 0.6) is 0 Å². The third-order valence-corrected chi connectivity index (χ3v) is 6.22. The second-order valence-corrected chi connectivity index (χ2v) is 7.92. The van der Waals surface area contributed by atoms with Crippen LogP contribution in [0, 0.1) is 0 Å². The summed E-state index contributed by atoms with van der Waals surface area (Å²) in [5, 5.41) is 0. The van der Waals surface area contributed by atoms with E-state index in [1.54, 1.807) is 0 Å². The molecule has 0 bridgehead atoms. The lowest BCUT2D eigenvalue weighted by Gasteiger charge is -2.40. The normalized spacial score (nSPS) is 21.6. The number of hydrogen-bond donors (Lipinski definition) is 1. The summed E-state index contributed by atoms with van der Waals surface area (Å²) < 4.78 is 0. The first kappa shape index (κ1) is 15.0. The molecule has 2 fully saturated rings. The largest absolute Gasteiger partial charge is 0.373 e. The van der Waals surface area contributed by atoms with Gasteiger partial charge in [-0.1, -0.05) is 18.2 Å². The number of rotatable bonds is 2. The van der Waals surface area contributed by atoms with Crippen LogP contribution in [-0.2, 0) is 5.41 Å². The highest BCUT2D eigenvalue weighted by atomic mass is 15.2. The average molecular weight is 335 g/mol. The summed E-state index contributed by atoms with van der Waals surface area (Å²) in [6.45, 7) is 3.19. The molecule has 2 N–H and O–H groups in total. The fourth-order valence-electron chi connectivity index (χ4n) is 4.69. The van der Waals surface area contributed by atoms with Crippen molar-refractivity contribution in [2.75, 3.05) is 42.2 Å². The van der Waals surface area contributed by atoms with Crippen molar-refractivity contribution in [2.24, 2.45) is 0 Å². The third-order valence-electron chi connectivity index (χ3n) is 6.22. The molecule has 0 atom stereocenters. The second kappa shape index (κ2) is 5.35. The summed E-state index contributed by atoms with van der Waals surface area (Å²) >= 11 is 0. The maximum atomic E-state index is 5.97. The van der Waals surface area contributed by atoms with Crippen LogP contribution < -0.4 is 15.5 Å². The average Bonchev–Trinajstić information content (AvgIpc) is 3.43. The van der Waals surface area contributed by atoms with Crippen LogP contribution in [0.25, 0.3) is 0 Å². The lowest BCUT2D eigenvalue weighted by molar-refractivity contribution is 0.352. The first-order valence-corrected chi connectivity index (χ1v) is 9.35. The minimum Gasteiger partial charge on any atom is -0.373 e. The zero-order chi connectivity index (χ0) is 17.0. The van der Waals surface area contributed by atoms with Gasteiger partial charge in [0, 0.05) is 49.8 Å². The maximum Gasteiger partial charge on any atom is 0.222 e. The van der Waals surface area contributed by atoms with Crippen molar-refractivity contribution in [1.29, 1.82) is 0 Å². The molecule has 1 saturated carbocycles. The molecule has 1 aromatic heterocycles. The number of para-hydroxylation sites is 1. The van der Waals surface area contributed by atoms with Gasteiger partial charge in [0.25, 0.3) is 0 Å². The standard InChI is InChI=1S/C20H25N5/c1-24-13-20(15-4-2-3-5-17(15)24)8-10-25(11-9-20)18-12-16(14-6-7-14)22-19(21)23-18/h2-5,12,14H,6-11,13H2,1H3,(H2,21,22,23). The van der Waals surface area contributed by atoms with E-state index in [0.29, 0.717) is 17.3 Å². The van der Waals surface area contributed by atoms with E-state index in [0.717, 1.165) is 44.0 Å². The van der Waals surface area contributed by atoms with Crippen molar-refractivity contribution in [3.8, 4) is 0 Å². The van der Waals surface area contributed by atoms with Crippen LogP contribution in [0.1, 0.15) is 42.9 Å². The van der Waals surface area contributed by atoms with Gasteiger partial charge in [0.05, 0.1) is 5.69 Å². The summed E-state index contributed by atoms with van der Waals surface area (Å²) in [5.41, 5.74) is 10.3. The molecule has 1 saturated heterocycles. The summed E-state index contributed by atoms with van der Waals surface area (Å²) in [6.07, 6.45) is 4.80. The van der Waals surface area contributed by atoms with Gasteiger partial charge in [0.1, 0.15) is 5.82 Å². The Labute approximate surface area is 148 Å². The molecule has 1 spiro atoms. The van der Waals surface area contributed by atoms with E-state index in [-0.39, 0.29) is 0 Å². The molecule has 0 radical (unpaired) electrons. The van der Waals surface area contributed by atoms with Crippen molar-refractivity contribution in [1.82, 2.24) is 9.97 Å². The number of hydrogen-bond acceptors (Lipinski definition) is 5. The summed E-state index contributed by atoms with van der Waals surface area (Å²) in [6, 6.07) is 11.1. The number of nitrogens with zero attached hydrogens (tertiary/aromatic N) is 4. The molecule has 130 valence electrons. The van der Waals surface area contributed by atoms with Crippen LogP contribution >= 0.6 is 0 Å². The van der Waals surface area contributed by atoms with E-state index in [9.17, 15) is 0 Å². The molecule has 5 rings (SSSR count). The van der Waals surface area contributed by atoms with Crippen molar-refractivity contribution in [3.05, 3.63) is 41.6 Å². The van der Waals surface area contributed by atoms with E-state index in [1.807, 2.05) is 0 Å². The number of likely N-dealkylation sites (N-methyl/N-ethyl adjacent to an activating group) is 1. The van der Waals surface area contributed by atoms with Gasteiger partial charge < -0.3 is 15.5 Å². The van der Waals surface area contributed by atoms with Crippen LogP contribution in [0.3, 0.4) is 0 Å². The zero-order valence-electron chi connectivity index (χ0n) is 14.8. The highest BCUT2D eigenvalue weighted by molar-refractivity contribution is 5.62. The highest BCUT2D eigenvalue weighted by Gasteiger charge is 2.43. The Morgan fingerprint density at radius 2 is 1.88 bits per heavy atom. The van der Waals surface area contributed by atoms with E-state index < -0.39 is 0 Å². The van der Waals surface area contributed by atoms with Crippen LogP contribution in [0.2, 0.25) is 0 Å². The van der Waals surface area contributed by atoms with Crippen LogP contribution in [-0.4, -0.2) is 36.6 Å². The molecular formula is C20H25N5. The Kier molecular flexibility index (Phi) is 3.21. The smallest absolute Gasteiger partial charge is 0.222 e. The molecule has 1 aliphatic carbocycles. The minimum absolute atomic E-state index is 0.291. The summed E-state index contributed by atoms with van der Waals surface area (Å²) in [5.74, 6) is 2.05. The van der Waals surface area contributed by atoms with Crippen LogP contribution in [0.4, 0.5) is 17.5 Å². The van der Waals surface area contributed by atoms with Gasteiger partial charge in [-0.15, -0.1) is 0 Å². The molecule has 0 unspecified atom stereocenters. The van der Waals surface area contributed by atoms with Gasteiger partial charge >= 0.3 is 0 Å².